The van der Waals surface area contributed by atoms with Crippen LogP contribution in [0, 0.1) is 0 Å². The number of halogens is 1. The first-order valence-electron chi connectivity index (χ1n) is 9.91. The Morgan fingerprint density at radius 3 is 2.28 bits per heavy atom. The minimum Gasteiger partial charge on any atom is -0.366 e. The maximum absolute atomic E-state index is 13.5. The van der Waals surface area contributed by atoms with Gasteiger partial charge in [-0.3, -0.25) is 9.59 Å². The first-order chi connectivity index (χ1) is 14.1. The van der Waals surface area contributed by atoms with Crippen molar-refractivity contribution in [2.45, 2.75) is 43.0 Å². The van der Waals surface area contributed by atoms with Gasteiger partial charge in [0.15, 0.2) is 0 Å². The summed E-state index contributed by atoms with van der Waals surface area (Å²) in [6.07, 6.45) is 5.61. The molecule has 2 amide bonds. The molecule has 6 heteroatoms. The third-order valence-corrected chi connectivity index (χ3v) is 6.95. The topological polar surface area (TPSA) is 40.6 Å². The van der Waals surface area contributed by atoms with Gasteiger partial charge in [0, 0.05) is 18.0 Å². The van der Waals surface area contributed by atoms with Gasteiger partial charge in [0.05, 0.1) is 10.7 Å². The van der Waals surface area contributed by atoms with Crippen molar-refractivity contribution in [1.29, 1.82) is 0 Å². The lowest BCUT2D eigenvalue weighted by atomic mass is 9.94. The predicted molar refractivity (Wildman–Crippen MR) is 118 cm³/mol. The average molecular weight is 427 g/mol. The second-order valence-electron chi connectivity index (χ2n) is 7.39. The molecule has 0 bridgehead atoms. The molecule has 0 radical (unpaired) electrons. The summed E-state index contributed by atoms with van der Waals surface area (Å²) in [6.45, 7) is 0. The van der Waals surface area contributed by atoms with Crippen molar-refractivity contribution in [2.75, 3.05) is 11.9 Å². The summed E-state index contributed by atoms with van der Waals surface area (Å²) >= 11 is 7.68. The first kappa shape index (κ1) is 20.0. The van der Waals surface area contributed by atoms with Crippen molar-refractivity contribution >= 4 is 40.9 Å². The number of para-hydroxylation sites is 1. The number of hydrogen-bond acceptors (Lipinski definition) is 4. The Balaban J connectivity index is 1.75. The van der Waals surface area contributed by atoms with Crippen LogP contribution in [-0.4, -0.2) is 29.8 Å². The van der Waals surface area contributed by atoms with Crippen LogP contribution in [0.15, 0.2) is 70.1 Å². The SMILES string of the molecule is CN(C1=C(Sc2ccccc2)C(=O)N(c2ccccc2Cl)C1=O)C1CCCCC1. The smallest absolute Gasteiger partial charge is 0.283 e. The van der Waals surface area contributed by atoms with E-state index in [4.69, 9.17) is 11.6 Å². The minimum atomic E-state index is -0.311. The fraction of sp³-hybridized carbons (Fsp3) is 0.304. The van der Waals surface area contributed by atoms with E-state index in [9.17, 15) is 9.59 Å². The molecule has 4 nitrogen and oxygen atoms in total. The predicted octanol–water partition coefficient (Wildman–Crippen LogP) is 5.48. The molecule has 0 N–H and O–H groups in total. The zero-order valence-corrected chi connectivity index (χ0v) is 17.9. The monoisotopic (exact) mass is 426 g/mol. The highest BCUT2D eigenvalue weighted by Gasteiger charge is 2.43. The number of amides is 2. The van der Waals surface area contributed by atoms with Crippen LogP contribution >= 0.6 is 23.4 Å². The number of imide groups is 1. The lowest BCUT2D eigenvalue weighted by Crippen LogP contribution is -2.38. The van der Waals surface area contributed by atoms with Gasteiger partial charge >= 0.3 is 0 Å². The number of likely N-dealkylation sites (N-methyl/N-ethyl adjacent to an activating group) is 1. The zero-order valence-electron chi connectivity index (χ0n) is 16.3. The molecule has 0 saturated heterocycles. The van der Waals surface area contributed by atoms with Crippen LogP contribution in [0.4, 0.5) is 5.69 Å². The van der Waals surface area contributed by atoms with Crippen molar-refractivity contribution < 1.29 is 9.59 Å². The molecule has 0 aromatic heterocycles. The Morgan fingerprint density at radius 2 is 1.59 bits per heavy atom. The minimum absolute atomic E-state index is 0.271. The summed E-state index contributed by atoms with van der Waals surface area (Å²) in [5.41, 5.74) is 0.915. The fourth-order valence-electron chi connectivity index (χ4n) is 4.01. The maximum Gasteiger partial charge on any atom is 0.283 e. The van der Waals surface area contributed by atoms with Crippen LogP contribution < -0.4 is 4.90 Å². The normalized spacial score (nSPS) is 17.9. The highest BCUT2D eigenvalue weighted by Crippen LogP contribution is 2.41. The second-order valence-corrected chi connectivity index (χ2v) is 8.88. The molecule has 1 heterocycles. The molecule has 1 aliphatic heterocycles. The standard InChI is InChI=1S/C23H23ClN2O2S/c1-25(16-10-4-2-5-11-16)20-21(29-17-12-6-3-7-13-17)23(28)26(22(20)27)19-15-9-8-14-18(19)24/h3,6-9,12-16H,2,4-5,10-11H2,1H3. The van der Waals surface area contributed by atoms with Crippen molar-refractivity contribution in [3.05, 3.63) is 70.2 Å². The van der Waals surface area contributed by atoms with E-state index in [1.165, 1.54) is 23.1 Å². The van der Waals surface area contributed by atoms with Crippen molar-refractivity contribution in [3.63, 3.8) is 0 Å². The van der Waals surface area contributed by atoms with E-state index < -0.39 is 0 Å². The van der Waals surface area contributed by atoms with E-state index in [0.717, 1.165) is 30.6 Å². The summed E-state index contributed by atoms with van der Waals surface area (Å²) in [5.74, 6) is -0.607. The number of thioether (sulfide) groups is 1. The van der Waals surface area contributed by atoms with Gasteiger partial charge in [-0.2, -0.15) is 0 Å². The number of hydrogen-bond donors (Lipinski definition) is 0. The molecule has 1 saturated carbocycles. The van der Waals surface area contributed by atoms with E-state index in [-0.39, 0.29) is 17.9 Å². The number of benzene rings is 2. The summed E-state index contributed by atoms with van der Waals surface area (Å²) in [4.78, 5) is 31.5. The molecular formula is C23H23ClN2O2S. The Bertz CT molecular complexity index is 954. The Hall–Kier alpha value is -2.24. The summed E-state index contributed by atoms with van der Waals surface area (Å²) in [6, 6.07) is 17.0. The van der Waals surface area contributed by atoms with Crippen molar-refractivity contribution in [2.24, 2.45) is 0 Å². The average Bonchev–Trinajstić information content (AvgIpc) is 2.99. The van der Waals surface area contributed by atoms with Gasteiger partial charge in [0.2, 0.25) is 0 Å². The summed E-state index contributed by atoms with van der Waals surface area (Å²) in [7, 11) is 1.94. The van der Waals surface area contributed by atoms with E-state index in [2.05, 4.69) is 0 Å². The van der Waals surface area contributed by atoms with Crippen molar-refractivity contribution in [1.82, 2.24) is 4.90 Å². The van der Waals surface area contributed by atoms with E-state index >= 15 is 0 Å². The van der Waals surface area contributed by atoms with E-state index in [0.29, 0.717) is 21.3 Å². The zero-order chi connectivity index (χ0) is 20.4. The summed E-state index contributed by atoms with van der Waals surface area (Å²) < 4.78 is 0. The molecule has 1 fully saturated rings. The van der Waals surface area contributed by atoms with Gasteiger partial charge in [0.1, 0.15) is 10.6 Å². The van der Waals surface area contributed by atoms with Crippen LogP contribution in [0.1, 0.15) is 32.1 Å². The quantitative estimate of drug-likeness (QED) is 0.593. The number of anilines is 1. The van der Waals surface area contributed by atoms with Crippen LogP contribution in [0.5, 0.6) is 0 Å². The molecule has 150 valence electrons. The second kappa shape index (κ2) is 8.64. The Morgan fingerprint density at radius 1 is 0.931 bits per heavy atom. The molecule has 0 unspecified atom stereocenters. The number of carbonyl (C=O) groups is 2. The summed E-state index contributed by atoms with van der Waals surface area (Å²) in [5, 5.41) is 0.389. The molecule has 4 rings (SSSR count). The van der Waals surface area contributed by atoms with Gasteiger partial charge < -0.3 is 4.90 Å². The molecular weight excluding hydrogens is 404 g/mol. The van der Waals surface area contributed by atoms with Crippen molar-refractivity contribution in [3.8, 4) is 0 Å². The molecule has 1 aliphatic carbocycles. The first-order valence-corrected chi connectivity index (χ1v) is 11.1. The van der Waals surface area contributed by atoms with Gasteiger partial charge in [-0.15, -0.1) is 0 Å². The number of rotatable bonds is 5. The molecule has 2 aliphatic rings. The number of nitrogens with zero attached hydrogens (tertiary/aromatic N) is 2. The largest absolute Gasteiger partial charge is 0.366 e. The molecule has 0 spiro atoms. The van der Waals surface area contributed by atoms with Crippen LogP contribution in [-0.2, 0) is 9.59 Å². The van der Waals surface area contributed by atoms with E-state index in [1.807, 2.05) is 42.3 Å². The maximum atomic E-state index is 13.5. The molecule has 29 heavy (non-hydrogen) atoms. The number of carbonyl (C=O) groups excluding carboxylic acids is 2. The van der Waals surface area contributed by atoms with Gasteiger partial charge in [-0.1, -0.05) is 73.0 Å². The van der Waals surface area contributed by atoms with Crippen LogP contribution in [0.3, 0.4) is 0 Å². The van der Waals surface area contributed by atoms with Crippen LogP contribution in [0.25, 0.3) is 0 Å². The van der Waals surface area contributed by atoms with Gasteiger partial charge in [0.25, 0.3) is 11.8 Å². The highest BCUT2D eigenvalue weighted by atomic mass is 35.5. The van der Waals surface area contributed by atoms with Gasteiger partial charge in [-0.05, 0) is 37.1 Å². The Kier molecular flexibility index (Phi) is 5.97. The molecule has 2 aromatic carbocycles. The lowest BCUT2D eigenvalue weighted by Gasteiger charge is -2.33. The third kappa shape index (κ3) is 3.94. The molecule has 0 atom stereocenters. The highest BCUT2D eigenvalue weighted by molar-refractivity contribution is 8.04. The van der Waals surface area contributed by atoms with Gasteiger partial charge in [-0.25, -0.2) is 4.90 Å². The van der Waals surface area contributed by atoms with Crippen LogP contribution in [0.2, 0.25) is 5.02 Å². The fourth-order valence-corrected chi connectivity index (χ4v) is 5.27. The Labute approximate surface area is 180 Å². The van der Waals surface area contributed by atoms with E-state index in [1.54, 1.807) is 24.3 Å². The third-order valence-electron chi connectivity index (χ3n) is 5.55. The lowest BCUT2D eigenvalue weighted by molar-refractivity contribution is -0.121. The molecule has 2 aromatic rings.